The molecule has 0 radical (unpaired) electrons. The highest BCUT2D eigenvalue weighted by atomic mass is 16.5. The fourth-order valence-corrected chi connectivity index (χ4v) is 6.20. The first kappa shape index (κ1) is 17.3. The Morgan fingerprint density at radius 2 is 2.19 bits per heavy atom. The number of aromatic nitrogens is 1. The number of ether oxygens (including phenoxy) is 1. The maximum absolute atomic E-state index is 12.8. The summed E-state index contributed by atoms with van der Waals surface area (Å²) in [7, 11) is 1.50. The van der Waals surface area contributed by atoms with Crippen molar-refractivity contribution in [3.63, 3.8) is 0 Å². The number of aromatic amines is 1. The Morgan fingerprint density at radius 1 is 1.33 bits per heavy atom. The van der Waals surface area contributed by atoms with Crippen molar-refractivity contribution >= 4 is 16.9 Å². The van der Waals surface area contributed by atoms with E-state index in [0.717, 1.165) is 50.0 Å². The van der Waals surface area contributed by atoms with Crippen molar-refractivity contribution in [2.24, 2.45) is 17.8 Å². The van der Waals surface area contributed by atoms with Crippen LogP contribution < -0.4 is 0 Å². The van der Waals surface area contributed by atoms with Crippen molar-refractivity contribution in [2.45, 2.75) is 37.6 Å². The van der Waals surface area contributed by atoms with Gasteiger partial charge in [0.15, 0.2) is 0 Å². The number of nitrogens with one attached hydrogen (secondary N) is 1. The average molecular weight is 368 g/mol. The van der Waals surface area contributed by atoms with Gasteiger partial charge >= 0.3 is 5.97 Å². The highest BCUT2D eigenvalue weighted by molar-refractivity contribution is 5.88. The smallest absolute Gasteiger partial charge is 0.314 e. The summed E-state index contributed by atoms with van der Waals surface area (Å²) in [5.74, 6) is 1.42. The third-order valence-electron chi connectivity index (χ3n) is 7.37. The second kappa shape index (κ2) is 6.64. The third-order valence-corrected chi connectivity index (χ3v) is 7.37. The van der Waals surface area contributed by atoms with Crippen LogP contribution in [0.3, 0.4) is 0 Å². The molecule has 1 aromatic heterocycles. The number of methoxy groups -OCH3 is 1. The van der Waals surface area contributed by atoms with Gasteiger partial charge in [0.25, 0.3) is 0 Å². The molecule has 5 nitrogen and oxygen atoms in total. The van der Waals surface area contributed by atoms with E-state index in [9.17, 15) is 9.90 Å². The van der Waals surface area contributed by atoms with E-state index in [1.165, 1.54) is 18.1 Å². The lowest BCUT2D eigenvalue weighted by Crippen LogP contribution is -2.58. The van der Waals surface area contributed by atoms with Crippen LogP contribution in [-0.4, -0.2) is 53.8 Å². The molecule has 1 saturated carbocycles. The highest BCUT2D eigenvalue weighted by Crippen LogP contribution is 2.52. The molecule has 5 heteroatoms. The van der Waals surface area contributed by atoms with Crippen molar-refractivity contribution < 1.29 is 14.6 Å². The fraction of sp³-hybridized carbons (Fsp3) is 0.591. The molecule has 4 aliphatic rings. The number of benzene rings is 1. The standard InChI is InChI=1S/C22H28N2O3/c1-27-22(26)17-11-14-10-13(7-9-25)21-18(14)12-24(21)8-6-16-15-4-2-3-5-19(15)23-20(16)17/h2-5,13-14,17-18,21,23,25H,6-12H2,1H3. The molecular formula is C22H28N2O3. The van der Waals surface area contributed by atoms with E-state index in [0.29, 0.717) is 23.8 Å². The van der Waals surface area contributed by atoms with Gasteiger partial charge in [0.05, 0.1) is 13.0 Å². The van der Waals surface area contributed by atoms with Crippen LogP contribution in [0.15, 0.2) is 24.3 Å². The molecule has 2 aromatic rings. The molecule has 144 valence electrons. The van der Waals surface area contributed by atoms with Crippen molar-refractivity contribution in [3.8, 4) is 0 Å². The van der Waals surface area contributed by atoms with Crippen LogP contribution in [0.2, 0.25) is 0 Å². The number of carbonyl (C=O) groups excluding carboxylic acids is 1. The maximum Gasteiger partial charge on any atom is 0.314 e. The number of hydrogen-bond acceptors (Lipinski definition) is 4. The average Bonchev–Trinajstić information content (AvgIpc) is 3.14. The number of para-hydroxylation sites is 1. The monoisotopic (exact) mass is 368 g/mol. The van der Waals surface area contributed by atoms with Crippen LogP contribution in [0.5, 0.6) is 0 Å². The van der Waals surface area contributed by atoms with Gasteiger partial charge in [-0.3, -0.25) is 9.69 Å². The zero-order valence-electron chi connectivity index (χ0n) is 15.9. The minimum atomic E-state index is -0.219. The van der Waals surface area contributed by atoms with Crippen LogP contribution in [-0.2, 0) is 16.0 Å². The van der Waals surface area contributed by atoms with Gasteiger partial charge in [-0.1, -0.05) is 18.2 Å². The number of carbonyl (C=O) groups is 1. The molecule has 2 N–H and O–H groups in total. The van der Waals surface area contributed by atoms with Crippen LogP contribution in [0.1, 0.15) is 36.4 Å². The van der Waals surface area contributed by atoms with Crippen LogP contribution in [0, 0.1) is 17.8 Å². The molecule has 27 heavy (non-hydrogen) atoms. The number of H-pyrrole nitrogens is 1. The molecule has 6 atom stereocenters. The van der Waals surface area contributed by atoms with Gasteiger partial charge < -0.3 is 14.8 Å². The molecule has 1 aromatic carbocycles. The molecule has 6 rings (SSSR count). The molecule has 2 fully saturated rings. The van der Waals surface area contributed by atoms with Gasteiger partial charge in [-0.15, -0.1) is 0 Å². The van der Waals surface area contributed by atoms with Crippen LogP contribution in [0.4, 0.5) is 0 Å². The van der Waals surface area contributed by atoms with Crippen LogP contribution in [0.25, 0.3) is 10.9 Å². The van der Waals surface area contributed by atoms with E-state index in [1.807, 2.05) is 6.07 Å². The van der Waals surface area contributed by atoms with E-state index in [2.05, 4.69) is 28.1 Å². The molecule has 6 unspecified atom stereocenters. The van der Waals surface area contributed by atoms with Gasteiger partial charge in [0, 0.05) is 42.3 Å². The lowest BCUT2D eigenvalue weighted by Gasteiger charge is -2.49. The quantitative estimate of drug-likeness (QED) is 0.818. The van der Waals surface area contributed by atoms with Gasteiger partial charge in [0.1, 0.15) is 0 Å². The highest BCUT2D eigenvalue weighted by Gasteiger charge is 2.53. The summed E-state index contributed by atoms with van der Waals surface area (Å²) in [4.78, 5) is 19.0. The normalized spacial score (nSPS) is 34.7. The van der Waals surface area contributed by atoms with E-state index in [1.54, 1.807) is 0 Å². The molecular weight excluding hydrogens is 340 g/mol. The summed E-state index contributed by atoms with van der Waals surface area (Å²) in [6.07, 6.45) is 3.80. The first-order valence-corrected chi connectivity index (χ1v) is 10.2. The summed E-state index contributed by atoms with van der Waals surface area (Å²) < 4.78 is 5.23. The van der Waals surface area contributed by atoms with Crippen molar-refractivity contribution in [2.75, 3.05) is 26.8 Å². The first-order valence-electron chi connectivity index (χ1n) is 10.2. The van der Waals surface area contributed by atoms with E-state index < -0.39 is 0 Å². The van der Waals surface area contributed by atoms with Crippen molar-refractivity contribution in [1.29, 1.82) is 0 Å². The van der Waals surface area contributed by atoms with Crippen LogP contribution >= 0.6 is 0 Å². The second-order valence-electron chi connectivity index (χ2n) is 8.54. The van der Waals surface area contributed by atoms with Gasteiger partial charge in [-0.05, 0) is 55.1 Å². The zero-order valence-corrected chi connectivity index (χ0v) is 15.9. The Hall–Kier alpha value is -1.85. The SMILES string of the molecule is COC(=O)C1CC2CC(CCO)C3C2CN3CCc2c1[nH]c1ccccc21. The first-order chi connectivity index (χ1) is 13.2. The molecule has 1 saturated heterocycles. The molecule has 0 spiro atoms. The number of nitrogens with zero attached hydrogens (tertiary/aromatic N) is 1. The molecule has 4 heterocycles. The summed E-state index contributed by atoms with van der Waals surface area (Å²) in [6, 6.07) is 8.96. The Kier molecular flexibility index (Phi) is 4.25. The van der Waals surface area contributed by atoms with Crippen molar-refractivity contribution in [1.82, 2.24) is 9.88 Å². The Balaban J connectivity index is 1.58. The van der Waals surface area contributed by atoms with Gasteiger partial charge in [0.2, 0.25) is 0 Å². The number of hydrogen-bond donors (Lipinski definition) is 2. The number of aliphatic hydroxyl groups is 1. The third kappa shape index (κ3) is 2.63. The second-order valence-corrected chi connectivity index (χ2v) is 8.54. The predicted molar refractivity (Wildman–Crippen MR) is 104 cm³/mol. The Labute approximate surface area is 159 Å². The van der Waals surface area contributed by atoms with E-state index in [4.69, 9.17) is 4.74 Å². The predicted octanol–water partition coefficient (Wildman–Crippen LogP) is 2.69. The summed E-state index contributed by atoms with van der Waals surface area (Å²) in [5.41, 5.74) is 3.46. The summed E-state index contributed by atoms with van der Waals surface area (Å²) in [6.45, 7) is 2.43. The van der Waals surface area contributed by atoms with E-state index >= 15 is 0 Å². The number of aliphatic hydroxyl groups excluding tert-OH is 1. The summed E-state index contributed by atoms with van der Waals surface area (Å²) in [5, 5.41) is 10.7. The lowest BCUT2D eigenvalue weighted by molar-refractivity contribution is -0.143. The number of fused-ring (bicyclic) bond motifs is 3. The number of rotatable bonds is 3. The van der Waals surface area contributed by atoms with Crippen molar-refractivity contribution in [3.05, 3.63) is 35.5 Å². The van der Waals surface area contributed by atoms with Gasteiger partial charge in [-0.2, -0.15) is 0 Å². The molecule has 4 bridgehead atoms. The molecule has 1 aliphatic carbocycles. The lowest BCUT2D eigenvalue weighted by atomic mass is 9.77. The number of esters is 1. The molecule has 3 aliphatic heterocycles. The van der Waals surface area contributed by atoms with E-state index in [-0.39, 0.29) is 18.5 Å². The zero-order chi connectivity index (χ0) is 18.5. The summed E-state index contributed by atoms with van der Waals surface area (Å²) >= 11 is 0. The Morgan fingerprint density at radius 3 is 3.00 bits per heavy atom. The molecule has 0 amide bonds. The largest absolute Gasteiger partial charge is 0.469 e. The topological polar surface area (TPSA) is 65.6 Å². The maximum atomic E-state index is 12.8. The Bertz CT molecular complexity index is 860. The van der Waals surface area contributed by atoms with Gasteiger partial charge in [-0.25, -0.2) is 0 Å². The minimum absolute atomic E-state index is 0.123. The fourth-order valence-electron chi connectivity index (χ4n) is 6.20. The minimum Gasteiger partial charge on any atom is -0.469 e.